The number of aliphatic carboxylic acids is 1. The van der Waals surface area contributed by atoms with E-state index in [9.17, 15) is 4.79 Å². The predicted molar refractivity (Wildman–Crippen MR) is 84.4 cm³/mol. The van der Waals surface area contributed by atoms with Crippen LogP contribution in [0.2, 0.25) is 0 Å². The molecule has 110 valence electrons. The second-order valence-electron chi connectivity index (χ2n) is 5.60. The summed E-state index contributed by atoms with van der Waals surface area (Å²) in [6.07, 6.45) is 2.69. The first-order valence-electron chi connectivity index (χ1n) is 7.27. The first-order chi connectivity index (χ1) is 10.2. The SMILES string of the molecule is O=C(O)Cc1ccc(CN(Cc2cccs2)C2CC2)cc1. The number of rotatable bonds is 7. The zero-order chi connectivity index (χ0) is 14.7. The van der Waals surface area contributed by atoms with Crippen molar-refractivity contribution >= 4 is 17.3 Å². The van der Waals surface area contributed by atoms with Crippen LogP contribution in [0.5, 0.6) is 0 Å². The van der Waals surface area contributed by atoms with E-state index in [1.165, 1.54) is 23.3 Å². The molecule has 0 spiro atoms. The number of carboxylic acid groups (broad SMARTS) is 1. The van der Waals surface area contributed by atoms with E-state index in [0.717, 1.165) is 18.7 Å². The number of benzene rings is 1. The van der Waals surface area contributed by atoms with Crippen LogP contribution in [-0.4, -0.2) is 22.0 Å². The van der Waals surface area contributed by atoms with Crippen molar-refractivity contribution in [3.8, 4) is 0 Å². The fourth-order valence-corrected chi connectivity index (χ4v) is 3.26. The molecule has 3 nitrogen and oxygen atoms in total. The quantitative estimate of drug-likeness (QED) is 0.850. The standard InChI is InChI=1S/C17H19NO2S/c19-17(20)10-13-3-5-14(6-4-13)11-18(15-7-8-15)12-16-2-1-9-21-16/h1-6,9,15H,7-8,10-12H2,(H,19,20). The lowest BCUT2D eigenvalue weighted by atomic mass is 10.1. The number of carboxylic acids is 1. The molecule has 1 aliphatic carbocycles. The zero-order valence-electron chi connectivity index (χ0n) is 11.9. The fraction of sp³-hybridized carbons (Fsp3) is 0.353. The summed E-state index contributed by atoms with van der Waals surface area (Å²) < 4.78 is 0. The molecule has 0 aliphatic heterocycles. The van der Waals surface area contributed by atoms with Gasteiger partial charge in [0.05, 0.1) is 6.42 Å². The number of carbonyl (C=O) groups is 1. The lowest BCUT2D eigenvalue weighted by Gasteiger charge is -2.21. The molecular weight excluding hydrogens is 282 g/mol. The molecular formula is C17H19NO2S. The second kappa shape index (κ2) is 6.41. The van der Waals surface area contributed by atoms with Crippen LogP contribution >= 0.6 is 11.3 Å². The summed E-state index contributed by atoms with van der Waals surface area (Å²) in [5, 5.41) is 10.9. The van der Waals surface area contributed by atoms with Gasteiger partial charge < -0.3 is 5.11 Å². The summed E-state index contributed by atoms with van der Waals surface area (Å²) >= 11 is 1.81. The van der Waals surface area contributed by atoms with Gasteiger partial charge in [-0.25, -0.2) is 0 Å². The number of thiophene rings is 1. The summed E-state index contributed by atoms with van der Waals surface area (Å²) in [6.45, 7) is 1.95. The van der Waals surface area contributed by atoms with Gasteiger partial charge in [0.25, 0.3) is 0 Å². The van der Waals surface area contributed by atoms with Gasteiger partial charge in [-0.3, -0.25) is 9.69 Å². The maximum atomic E-state index is 10.7. The monoisotopic (exact) mass is 301 g/mol. The Balaban J connectivity index is 1.64. The number of nitrogens with zero attached hydrogens (tertiary/aromatic N) is 1. The summed E-state index contributed by atoms with van der Waals surface area (Å²) in [7, 11) is 0. The van der Waals surface area contributed by atoms with Crippen LogP contribution in [0.25, 0.3) is 0 Å². The molecule has 1 fully saturated rings. The minimum atomic E-state index is -0.778. The van der Waals surface area contributed by atoms with Gasteiger partial charge in [-0.05, 0) is 35.4 Å². The molecule has 4 heteroatoms. The molecule has 0 amide bonds. The molecule has 0 unspecified atom stereocenters. The van der Waals surface area contributed by atoms with Gasteiger partial charge in [0.2, 0.25) is 0 Å². The van der Waals surface area contributed by atoms with Crippen LogP contribution in [0.3, 0.4) is 0 Å². The first kappa shape index (κ1) is 14.3. The van der Waals surface area contributed by atoms with Crippen molar-refractivity contribution in [2.24, 2.45) is 0 Å². The highest BCUT2D eigenvalue weighted by Crippen LogP contribution is 2.30. The number of hydrogen-bond donors (Lipinski definition) is 1. The minimum Gasteiger partial charge on any atom is -0.481 e. The first-order valence-corrected chi connectivity index (χ1v) is 8.15. The maximum absolute atomic E-state index is 10.7. The normalized spacial score (nSPS) is 14.5. The average Bonchev–Trinajstić information content (AvgIpc) is 3.18. The Morgan fingerprint density at radius 3 is 2.43 bits per heavy atom. The van der Waals surface area contributed by atoms with E-state index in [1.54, 1.807) is 0 Å². The smallest absolute Gasteiger partial charge is 0.307 e. The molecule has 1 aromatic heterocycles. The van der Waals surface area contributed by atoms with Gasteiger partial charge in [0.1, 0.15) is 0 Å². The second-order valence-corrected chi connectivity index (χ2v) is 6.63. The lowest BCUT2D eigenvalue weighted by Crippen LogP contribution is -2.24. The average molecular weight is 301 g/mol. The van der Waals surface area contributed by atoms with Crippen molar-refractivity contribution in [1.82, 2.24) is 4.90 Å². The van der Waals surface area contributed by atoms with E-state index < -0.39 is 5.97 Å². The Hall–Kier alpha value is -1.65. The van der Waals surface area contributed by atoms with Crippen LogP contribution < -0.4 is 0 Å². The van der Waals surface area contributed by atoms with Gasteiger partial charge in [-0.2, -0.15) is 0 Å². The van der Waals surface area contributed by atoms with Crippen molar-refractivity contribution in [3.63, 3.8) is 0 Å². The van der Waals surface area contributed by atoms with Crippen LogP contribution in [-0.2, 0) is 24.3 Å². The van der Waals surface area contributed by atoms with Crippen molar-refractivity contribution in [1.29, 1.82) is 0 Å². The van der Waals surface area contributed by atoms with Crippen molar-refractivity contribution < 1.29 is 9.90 Å². The molecule has 0 radical (unpaired) electrons. The molecule has 0 saturated heterocycles. The zero-order valence-corrected chi connectivity index (χ0v) is 12.7. The fourth-order valence-electron chi connectivity index (χ4n) is 2.53. The third-order valence-corrected chi connectivity index (χ3v) is 4.63. The Labute approximate surface area is 128 Å². The van der Waals surface area contributed by atoms with Crippen molar-refractivity contribution in [2.75, 3.05) is 0 Å². The van der Waals surface area contributed by atoms with Crippen LogP contribution in [0.4, 0.5) is 0 Å². The van der Waals surface area contributed by atoms with Gasteiger partial charge >= 0.3 is 5.97 Å². The highest BCUT2D eigenvalue weighted by molar-refractivity contribution is 7.09. The van der Waals surface area contributed by atoms with Crippen LogP contribution in [0.1, 0.15) is 28.8 Å². The molecule has 21 heavy (non-hydrogen) atoms. The minimum absolute atomic E-state index is 0.0990. The lowest BCUT2D eigenvalue weighted by molar-refractivity contribution is -0.136. The highest BCUT2D eigenvalue weighted by Gasteiger charge is 2.29. The van der Waals surface area contributed by atoms with Gasteiger partial charge in [-0.15, -0.1) is 11.3 Å². The largest absolute Gasteiger partial charge is 0.481 e. The molecule has 2 aromatic rings. The van der Waals surface area contributed by atoms with E-state index in [4.69, 9.17) is 5.11 Å². The van der Waals surface area contributed by atoms with Gasteiger partial charge in [0, 0.05) is 24.0 Å². The van der Waals surface area contributed by atoms with Crippen LogP contribution in [0, 0.1) is 0 Å². The molecule has 0 bridgehead atoms. The summed E-state index contributed by atoms with van der Waals surface area (Å²) in [5.74, 6) is -0.778. The van der Waals surface area contributed by atoms with E-state index in [0.29, 0.717) is 6.04 Å². The molecule has 1 saturated carbocycles. The Morgan fingerprint density at radius 2 is 1.86 bits per heavy atom. The summed E-state index contributed by atoms with van der Waals surface area (Å²) in [6, 6.07) is 13.0. The molecule has 1 aromatic carbocycles. The topological polar surface area (TPSA) is 40.5 Å². The summed E-state index contributed by atoms with van der Waals surface area (Å²) in [5.41, 5.74) is 2.12. The van der Waals surface area contributed by atoms with Gasteiger partial charge in [0.15, 0.2) is 0 Å². The number of hydrogen-bond acceptors (Lipinski definition) is 3. The summed E-state index contributed by atoms with van der Waals surface area (Å²) in [4.78, 5) is 14.6. The molecule has 1 N–H and O–H groups in total. The highest BCUT2D eigenvalue weighted by atomic mass is 32.1. The Bertz CT molecular complexity index is 588. The molecule has 3 rings (SSSR count). The third-order valence-electron chi connectivity index (χ3n) is 3.77. The molecule has 0 atom stereocenters. The Morgan fingerprint density at radius 1 is 1.14 bits per heavy atom. The van der Waals surface area contributed by atoms with Crippen molar-refractivity contribution in [2.45, 2.75) is 38.4 Å². The van der Waals surface area contributed by atoms with E-state index in [2.05, 4.69) is 34.5 Å². The molecule has 1 aliphatic rings. The van der Waals surface area contributed by atoms with E-state index in [-0.39, 0.29) is 6.42 Å². The van der Waals surface area contributed by atoms with Crippen LogP contribution in [0.15, 0.2) is 41.8 Å². The third kappa shape index (κ3) is 4.16. The Kier molecular flexibility index (Phi) is 4.36. The van der Waals surface area contributed by atoms with Crippen molar-refractivity contribution in [3.05, 3.63) is 57.8 Å². The molecule has 1 heterocycles. The van der Waals surface area contributed by atoms with Gasteiger partial charge in [-0.1, -0.05) is 30.3 Å². The predicted octanol–water partition coefficient (Wildman–Crippen LogP) is 3.54. The van der Waals surface area contributed by atoms with E-state index >= 15 is 0 Å². The maximum Gasteiger partial charge on any atom is 0.307 e. The van der Waals surface area contributed by atoms with E-state index in [1.807, 2.05) is 23.5 Å².